The Morgan fingerprint density at radius 1 is 1.24 bits per heavy atom. The predicted molar refractivity (Wildman–Crippen MR) is 88.0 cm³/mol. The third kappa shape index (κ3) is 4.34. The van der Waals surface area contributed by atoms with Crippen molar-refractivity contribution in [1.29, 1.82) is 0 Å². The molecule has 0 aliphatic carbocycles. The van der Waals surface area contributed by atoms with Gasteiger partial charge in [0, 0.05) is 4.90 Å². The summed E-state index contributed by atoms with van der Waals surface area (Å²) < 4.78 is 0. The van der Waals surface area contributed by atoms with E-state index in [0.717, 1.165) is 11.3 Å². The van der Waals surface area contributed by atoms with Gasteiger partial charge >= 0.3 is 0 Å². The number of carbonyl (C=O) groups is 2. The zero-order valence-electron chi connectivity index (χ0n) is 11.6. The first-order chi connectivity index (χ1) is 10.1. The zero-order chi connectivity index (χ0) is 15.2. The second kappa shape index (κ2) is 7.28. The van der Waals surface area contributed by atoms with E-state index in [4.69, 9.17) is 5.73 Å². The predicted octanol–water partition coefficient (Wildman–Crippen LogP) is 3.14. The van der Waals surface area contributed by atoms with E-state index in [1.54, 1.807) is 23.2 Å². The summed E-state index contributed by atoms with van der Waals surface area (Å²) in [6.07, 6.45) is 0.271. The van der Waals surface area contributed by atoms with Crippen LogP contribution < -0.4 is 11.1 Å². The van der Waals surface area contributed by atoms with Crippen LogP contribution in [0.2, 0.25) is 0 Å². The second-order valence-corrected chi connectivity index (χ2v) is 6.58. The lowest BCUT2D eigenvalue weighted by atomic mass is 10.1. The Morgan fingerprint density at radius 3 is 2.57 bits per heavy atom. The number of nitrogens with two attached hydrogens (primary N) is 1. The number of amides is 2. The molecule has 1 aromatic heterocycles. The van der Waals surface area contributed by atoms with Gasteiger partial charge in [-0.15, -0.1) is 23.1 Å². The number of thioether (sulfide) groups is 1. The van der Waals surface area contributed by atoms with Gasteiger partial charge in [-0.2, -0.15) is 0 Å². The number of anilines is 1. The summed E-state index contributed by atoms with van der Waals surface area (Å²) in [6.45, 7) is 2.10. The van der Waals surface area contributed by atoms with Crippen LogP contribution >= 0.6 is 23.1 Å². The molecule has 0 radical (unpaired) electrons. The first-order valence-corrected chi connectivity index (χ1v) is 8.35. The summed E-state index contributed by atoms with van der Waals surface area (Å²) in [5.74, 6) is 0.331. The van der Waals surface area contributed by atoms with Crippen LogP contribution in [0.4, 0.5) is 5.00 Å². The normalized spacial score (nSPS) is 10.3. The molecule has 110 valence electrons. The Bertz CT molecular complexity index is 635. The van der Waals surface area contributed by atoms with E-state index >= 15 is 0 Å². The van der Waals surface area contributed by atoms with Gasteiger partial charge in [-0.1, -0.05) is 19.1 Å². The molecule has 0 unspecified atom stereocenters. The molecule has 0 fully saturated rings. The molecule has 2 rings (SSSR count). The van der Waals surface area contributed by atoms with E-state index in [0.29, 0.717) is 10.6 Å². The van der Waals surface area contributed by atoms with E-state index in [1.807, 2.05) is 24.3 Å². The fourth-order valence-electron chi connectivity index (χ4n) is 1.83. The Labute approximate surface area is 131 Å². The summed E-state index contributed by atoms with van der Waals surface area (Å²) in [7, 11) is 0. The molecule has 2 amide bonds. The van der Waals surface area contributed by atoms with Gasteiger partial charge < -0.3 is 11.1 Å². The maximum absolute atomic E-state index is 12.0. The van der Waals surface area contributed by atoms with Crippen LogP contribution in [0.25, 0.3) is 0 Å². The van der Waals surface area contributed by atoms with Gasteiger partial charge in [0.2, 0.25) is 5.91 Å². The Morgan fingerprint density at radius 2 is 1.95 bits per heavy atom. The van der Waals surface area contributed by atoms with Crippen molar-refractivity contribution in [3.63, 3.8) is 0 Å². The van der Waals surface area contributed by atoms with E-state index in [2.05, 4.69) is 12.2 Å². The fraction of sp³-hybridized carbons (Fsp3) is 0.200. The highest BCUT2D eigenvalue weighted by Crippen LogP contribution is 2.23. The van der Waals surface area contributed by atoms with Crippen molar-refractivity contribution < 1.29 is 9.59 Å². The first-order valence-electron chi connectivity index (χ1n) is 6.49. The molecule has 0 saturated carbocycles. The second-order valence-electron chi connectivity index (χ2n) is 4.33. The van der Waals surface area contributed by atoms with Crippen LogP contribution in [-0.2, 0) is 11.2 Å². The summed E-state index contributed by atoms with van der Waals surface area (Å²) >= 11 is 3.05. The number of benzene rings is 1. The average Bonchev–Trinajstić information content (AvgIpc) is 2.89. The zero-order valence-corrected chi connectivity index (χ0v) is 13.2. The van der Waals surface area contributed by atoms with Gasteiger partial charge in [0.1, 0.15) is 5.00 Å². The molecule has 0 aliphatic rings. The summed E-state index contributed by atoms with van der Waals surface area (Å²) in [4.78, 5) is 24.4. The molecule has 1 heterocycles. The van der Waals surface area contributed by atoms with Crippen molar-refractivity contribution in [2.45, 2.75) is 18.2 Å². The van der Waals surface area contributed by atoms with Crippen molar-refractivity contribution in [3.8, 4) is 0 Å². The standard InChI is InChI=1S/C15H16N2O2S2/c1-2-20-11-5-3-10(4-6-11)9-13(18)17-15-12(14(16)19)7-8-21-15/h3-8H,2,9H2,1H3,(H2,16,19)(H,17,18). The quantitative estimate of drug-likeness (QED) is 0.803. The van der Waals surface area contributed by atoms with Crippen molar-refractivity contribution in [2.75, 3.05) is 11.1 Å². The third-order valence-electron chi connectivity index (χ3n) is 2.78. The average molecular weight is 320 g/mol. The third-order valence-corrected chi connectivity index (χ3v) is 4.51. The molecular formula is C15H16N2O2S2. The first kappa shape index (κ1) is 15.6. The summed E-state index contributed by atoms with van der Waals surface area (Å²) in [5.41, 5.74) is 6.53. The largest absolute Gasteiger partial charge is 0.366 e. The molecule has 21 heavy (non-hydrogen) atoms. The van der Waals surface area contributed by atoms with E-state index < -0.39 is 5.91 Å². The lowest BCUT2D eigenvalue weighted by Crippen LogP contribution is -2.17. The minimum absolute atomic E-state index is 0.157. The van der Waals surface area contributed by atoms with E-state index in [9.17, 15) is 9.59 Å². The van der Waals surface area contributed by atoms with Gasteiger partial charge in [0.05, 0.1) is 12.0 Å². The maximum Gasteiger partial charge on any atom is 0.251 e. The molecule has 0 aliphatic heterocycles. The molecule has 1 aromatic carbocycles. The van der Waals surface area contributed by atoms with Crippen LogP contribution in [0.3, 0.4) is 0 Å². The fourth-order valence-corrected chi connectivity index (χ4v) is 3.30. The minimum Gasteiger partial charge on any atom is -0.366 e. The van der Waals surface area contributed by atoms with Crippen molar-refractivity contribution in [2.24, 2.45) is 5.73 Å². The van der Waals surface area contributed by atoms with E-state index in [1.165, 1.54) is 16.2 Å². The maximum atomic E-state index is 12.0. The number of rotatable bonds is 6. The monoisotopic (exact) mass is 320 g/mol. The lowest BCUT2D eigenvalue weighted by Gasteiger charge is -2.05. The molecule has 2 aromatic rings. The highest BCUT2D eigenvalue weighted by Gasteiger charge is 2.12. The van der Waals surface area contributed by atoms with Gasteiger partial charge in [-0.3, -0.25) is 9.59 Å². The molecule has 6 heteroatoms. The molecule has 3 N–H and O–H groups in total. The van der Waals surface area contributed by atoms with Crippen LogP contribution in [0.5, 0.6) is 0 Å². The number of hydrogen-bond acceptors (Lipinski definition) is 4. The molecule has 0 bridgehead atoms. The number of nitrogens with one attached hydrogen (secondary N) is 1. The Kier molecular flexibility index (Phi) is 5.41. The van der Waals surface area contributed by atoms with Gasteiger partial charge in [0.25, 0.3) is 5.91 Å². The van der Waals surface area contributed by atoms with E-state index in [-0.39, 0.29) is 12.3 Å². The number of hydrogen-bond donors (Lipinski definition) is 2. The highest BCUT2D eigenvalue weighted by molar-refractivity contribution is 7.99. The van der Waals surface area contributed by atoms with Crippen LogP contribution in [0.15, 0.2) is 40.6 Å². The molecule has 0 atom stereocenters. The van der Waals surface area contributed by atoms with Gasteiger partial charge in [-0.05, 0) is 34.9 Å². The topological polar surface area (TPSA) is 72.2 Å². The summed E-state index contributed by atoms with van der Waals surface area (Å²) in [5, 5.41) is 4.97. The molecule has 0 spiro atoms. The molecule has 0 saturated heterocycles. The lowest BCUT2D eigenvalue weighted by molar-refractivity contribution is -0.115. The summed E-state index contributed by atoms with van der Waals surface area (Å²) in [6, 6.07) is 9.52. The number of primary amides is 1. The smallest absolute Gasteiger partial charge is 0.251 e. The SMILES string of the molecule is CCSc1ccc(CC(=O)Nc2sccc2C(N)=O)cc1. The highest BCUT2D eigenvalue weighted by atomic mass is 32.2. The van der Waals surface area contributed by atoms with Crippen molar-refractivity contribution in [1.82, 2.24) is 0 Å². The van der Waals surface area contributed by atoms with Crippen molar-refractivity contribution in [3.05, 3.63) is 46.8 Å². The van der Waals surface area contributed by atoms with Crippen molar-refractivity contribution >= 4 is 39.9 Å². The molecule has 4 nitrogen and oxygen atoms in total. The number of carbonyl (C=O) groups excluding carboxylic acids is 2. The Hall–Kier alpha value is -1.79. The van der Waals surface area contributed by atoms with Gasteiger partial charge in [-0.25, -0.2) is 0 Å². The van der Waals surface area contributed by atoms with Crippen LogP contribution in [0, 0.1) is 0 Å². The minimum atomic E-state index is -0.535. The van der Waals surface area contributed by atoms with Gasteiger partial charge in [0.15, 0.2) is 0 Å². The molecular weight excluding hydrogens is 304 g/mol. The van der Waals surface area contributed by atoms with Crippen LogP contribution in [0.1, 0.15) is 22.8 Å². The van der Waals surface area contributed by atoms with Crippen LogP contribution in [-0.4, -0.2) is 17.6 Å². The number of thiophene rings is 1. The Balaban J connectivity index is 1.98.